The van der Waals surface area contributed by atoms with Gasteiger partial charge in [-0.2, -0.15) is 0 Å². The Morgan fingerprint density at radius 2 is 2.11 bits per heavy atom. The van der Waals surface area contributed by atoms with E-state index in [0.29, 0.717) is 23.8 Å². The standard InChI is InChI=1S/C18H23ClFN5O.ClH/c1-11-17(18(26)22-16(10-21)12-5-3-2-4-6-12)23-24-25(11)13-7-8-15(20)14(19)9-13;/h7-9,12,16H,2-6,10,21H2,1H3,(H,22,26);1H. The van der Waals surface area contributed by atoms with Crippen molar-refractivity contribution in [2.75, 3.05) is 6.54 Å². The van der Waals surface area contributed by atoms with Crippen molar-refractivity contribution in [3.63, 3.8) is 0 Å². The van der Waals surface area contributed by atoms with Crippen molar-refractivity contribution in [3.05, 3.63) is 40.4 Å². The molecule has 1 aromatic carbocycles. The molecule has 27 heavy (non-hydrogen) atoms. The Labute approximate surface area is 169 Å². The molecule has 3 rings (SSSR count). The molecule has 0 aliphatic heterocycles. The van der Waals surface area contributed by atoms with E-state index in [4.69, 9.17) is 17.3 Å². The molecule has 1 aliphatic rings. The lowest BCUT2D eigenvalue weighted by atomic mass is 9.84. The molecule has 0 spiro atoms. The second kappa shape index (κ2) is 9.48. The van der Waals surface area contributed by atoms with Gasteiger partial charge in [-0.15, -0.1) is 17.5 Å². The maximum absolute atomic E-state index is 13.4. The number of carbonyl (C=O) groups excluding carboxylic acids is 1. The largest absolute Gasteiger partial charge is 0.346 e. The number of hydrogen-bond acceptors (Lipinski definition) is 4. The highest BCUT2D eigenvalue weighted by Crippen LogP contribution is 2.26. The second-order valence-corrected chi connectivity index (χ2v) is 7.15. The third kappa shape index (κ3) is 4.78. The molecule has 1 saturated carbocycles. The molecular weight excluding hydrogens is 392 g/mol. The Morgan fingerprint density at radius 3 is 2.74 bits per heavy atom. The van der Waals surface area contributed by atoms with Gasteiger partial charge in [-0.05, 0) is 43.9 Å². The molecule has 2 aromatic rings. The van der Waals surface area contributed by atoms with Crippen LogP contribution in [0.1, 0.15) is 48.3 Å². The Morgan fingerprint density at radius 1 is 1.41 bits per heavy atom. The lowest BCUT2D eigenvalue weighted by molar-refractivity contribution is 0.0909. The second-order valence-electron chi connectivity index (χ2n) is 6.75. The Hall–Kier alpha value is -1.70. The van der Waals surface area contributed by atoms with E-state index >= 15 is 0 Å². The molecule has 9 heteroatoms. The minimum absolute atomic E-state index is 0. The highest BCUT2D eigenvalue weighted by Gasteiger charge is 2.26. The van der Waals surface area contributed by atoms with Gasteiger partial charge in [0.05, 0.1) is 16.4 Å². The predicted molar refractivity (Wildman–Crippen MR) is 105 cm³/mol. The summed E-state index contributed by atoms with van der Waals surface area (Å²) in [6.45, 7) is 2.14. The summed E-state index contributed by atoms with van der Waals surface area (Å²) in [5.74, 6) is -0.392. The summed E-state index contributed by atoms with van der Waals surface area (Å²) >= 11 is 5.83. The summed E-state index contributed by atoms with van der Waals surface area (Å²) in [7, 11) is 0. The van der Waals surface area contributed by atoms with Gasteiger partial charge in [0.25, 0.3) is 5.91 Å². The van der Waals surface area contributed by atoms with Crippen LogP contribution in [0.15, 0.2) is 18.2 Å². The van der Waals surface area contributed by atoms with E-state index in [9.17, 15) is 9.18 Å². The molecule has 0 bridgehead atoms. The molecule has 1 heterocycles. The van der Waals surface area contributed by atoms with Gasteiger partial charge in [-0.3, -0.25) is 4.79 Å². The molecule has 1 amide bonds. The lowest BCUT2D eigenvalue weighted by Gasteiger charge is -2.29. The minimum atomic E-state index is -0.510. The van der Waals surface area contributed by atoms with Crippen LogP contribution in [0.3, 0.4) is 0 Å². The first-order valence-electron chi connectivity index (χ1n) is 8.90. The molecule has 1 fully saturated rings. The average molecular weight is 416 g/mol. The molecule has 148 valence electrons. The van der Waals surface area contributed by atoms with Crippen LogP contribution in [0.5, 0.6) is 0 Å². The van der Waals surface area contributed by atoms with E-state index in [-0.39, 0.29) is 35.1 Å². The monoisotopic (exact) mass is 415 g/mol. The van der Waals surface area contributed by atoms with Gasteiger partial charge in [0.2, 0.25) is 0 Å². The Kier molecular flexibility index (Phi) is 7.59. The number of aromatic nitrogens is 3. The Bertz CT molecular complexity index is 792. The zero-order valence-corrected chi connectivity index (χ0v) is 16.7. The molecular formula is C18H24Cl2FN5O. The molecule has 0 radical (unpaired) electrons. The van der Waals surface area contributed by atoms with E-state index < -0.39 is 5.82 Å². The number of nitrogens with two attached hydrogens (primary N) is 1. The van der Waals surface area contributed by atoms with E-state index in [1.807, 2.05) is 0 Å². The van der Waals surface area contributed by atoms with Crippen LogP contribution < -0.4 is 11.1 Å². The molecule has 1 atom stereocenters. The smallest absolute Gasteiger partial charge is 0.274 e. The van der Waals surface area contributed by atoms with Crippen molar-refractivity contribution in [1.29, 1.82) is 0 Å². The minimum Gasteiger partial charge on any atom is -0.346 e. The third-order valence-corrected chi connectivity index (χ3v) is 5.34. The van der Waals surface area contributed by atoms with Gasteiger partial charge < -0.3 is 11.1 Å². The third-order valence-electron chi connectivity index (χ3n) is 5.05. The molecule has 1 aromatic heterocycles. The van der Waals surface area contributed by atoms with E-state index in [1.165, 1.54) is 42.1 Å². The first-order valence-corrected chi connectivity index (χ1v) is 9.27. The number of nitrogens with zero attached hydrogens (tertiary/aromatic N) is 3. The van der Waals surface area contributed by atoms with Crippen LogP contribution in [-0.2, 0) is 0 Å². The van der Waals surface area contributed by atoms with Gasteiger partial charge in [-0.25, -0.2) is 9.07 Å². The highest BCUT2D eigenvalue weighted by molar-refractivity contribution is 6.30. The van der Waals surface area contributed by atoms with E-state index in [0.717, 1.165) is 12.8 Å². The molecule has 3 N–H and O–H groups in total. The van der Waals surface area contributed by atoms with Gasteiger partial charge >= 0.3 is 0 Å². The van der Waals surface area contributed by atoms with Crippen molar-refractivity contribution in [2.24, 2.45) is 11.7 Å². The lowest BCUT2D eigenvalue weighted by Crippen LogP contribution is -2.46. The zero-order valence-electron chi connectivity index (χ0n) is 15.1. The van der Waals surface area contributed by atoms with E-state index in [1.54, 1.807) is 6.92 Å². The quantitative estimate of drug-likeness (QED) is 0.782. The predicted octanol–water partition coefficient (Wildman–Crippen LogP) is 3.43. The summed E-state index contributed by atoms with van der Waals surface area (Å²) in [5.41, 5.74) is 7.23. The Balaban J connectivity index is 0.00000261. The van der Waals surface area contributed by atoms with Crippen LogP contribution in [0.2, 0.25) is 5.02 Å². The van der Waals surface area contributed by atoms with Gasteiger partial charge in [-0.1, -0.05) is 36.1 Å². The summed E-state index contributed by atoms with van der Waals surface area (Å²) in [6.07, 6.45) is 5.77. The van der Waals surface area contributed by atoms with Crippen molar-refractivity contribution >= 4 is 29.9 Å². The average Bonchev–Trinajstić information content (AvgIpc) is 3.04. The maximum Gasteiger partial charge on any atom is 0.274 e. The first-order chi connectivity index (χ1) is 12.5. The van der Waals surface area contributed by atoms with Crippen LogP contribution >= 0.6 is 24.0 Å². The fraction of sp³-hybridized carbons (Fsp3) is 0.500. The van der Waals surface area contributed by atoms with Gasteiger partial charge in [0.15, 0.2) is 5.69 Å². The van der Waals surface area contributed by atoms with Crippen LogP contribution in [0.25, 0.3) is 5.69 Å². The summed E-state index contributed by atoms with van der Waals surface area (Å²) in [4.78, 5) is 12.7. The first kappa shape index (κ1) is 21.6. The van der Waals surface area contributed by atoms with E-state index in [2.05, 4.69) is 15.6 Å². The number of amides is 1. The van der Waals surface area contributed by atoms with Crippen molar-refractivity contribution in [1.82, 2.24) is 20.3 Å². The number of hydrogen-bond donors (Lipinski definition) is 2. The topological polar surface area (TPSA) is 85.8 Å². The van der Waals surface area contributed by atoms with Crippen molar-refractivity contribution < 1.29 is 9.18 Å². The molecule has 1 unspecified atom stereocenters. The van der Waals surface area contributed by atoms with Crippen LogP contribution in [0.4, 0.5) is 4.39 Å². The normalized spacial score (nSPS) is 15.9. The molecule has 0 saturated heterocycles. The highest BCUT2D eigenvalue weighted by atomic mass is 35.5. The number of halogens is 3. The van der Waals surface area contributed by atoms with Crippen LogP contribution in [-0.4, -0.2) is 33.5 Å². The van der Waals surface area contributed by atoms with Crippen molar-refractivity contribution in [2.45, 2.75) is 45.1 Å². The SMILES string of the molecule is Cc1c(C(=O)NC(CN)C2CCCCC2)nnn1-c1ccc(F)c(Cl)c1.Cl. The summed E-state index contributed by atoms with van der Waals surface area (Å²) in [5, 5.41) is 11.0. The summed E-state index contributed by atoms with van der Waals surface area (Å²) < 4.78 is 14.8. The maximum atomic E-state index is 13.4. The van der Waals surface area contributed by atoms with Crippen molar-refractivity contribution in [3.8, 4) is 5.69 Å². The zero-order chi connectivity index (χ0) is 18.7. The summed E-state index contributed by atoms with van der Waals surface area (Å²) in [6, 6.07) is 4.18. The fourth-order valence-electron chi connectivity index (χ4n) is 3.54. The molecule has 1 aliphatic carbocycles. The fourth-order valence-corrected chi connectivity index (χ4v) is 3.72. The number of carbonyl (C=O) groups is 1. The number of benzene rings is 1. The van der Waals surface area contributed by atoms with Gasteiger partial charge in [0.1, 0.15) is 5.82 Å². The van der Waals surface area contributed by atoms with Crippen LogP contribution in [0, 0.1) is 18.7 Å². The van der Waals surface area contributed by atoms with Gasteiger partial charge in [0, 0.05) is 12.6 Å². The number of nitrogens with one attached hydrogen (secondary N) is 1. The molecule has 6 nitrogen and oxygen atoms in total. The number of rotatable bonds is 5.